The summed E-state index contributed by atoms with van der Waals surface area (Å²) in [6.07, 6.45) is 5.94. The van der Waals surface area contributed by atoms with Crippen LogP contribution in [0.3, 0.4) is 0 Å². The highest BCUT2D eigenvalue weighted by molar-refractivity contribution is 5.96. The first-order valence-corrected chi connectivity index (χ1v) is 10.1. The molecular formula is C22H26N4O5. The summed E-state index contributed by atoms with van der Waals surface area (Å²) in [7, 11) is 3.00. The van der Waals surface area contributed by atoms with Gasteiger partial charge in [0.2, 0.25) is 0 Å². The topological polar surface area (TPSA) is 106 Å². The first-order valence-electron chi connectivity index (χ1n) is 10.1. The van der Waals surface area contributed by atoms with Crippen molar-refractivity contribution in [3.8, 4) is 11.5 Å². The second-order valence-corrected chi connectivity index (χ2v) is 7.20. The lowest BCUT2D eigenvalue weighted by Crippen LogP contribution is -2.25. The van der Waals surface area contributed by atoms with Crippen molar-refractivity contribution in [3.63, 3.8) is 0 Å². The SMILES string of the molecule is COc1cc(OC)cc(C(=O)NN=Cc2cc([N+](=O)[O-])ccc2N2CCCCCC2)c1. The fourth-order valence-corrected chi connectivity index (χ4v) is 3.52. The fraction of sp³-hybridized carbons (Fsp3) is 0.364. The summed E-state index contributed by atoms with van der Waals surface area (Å²) < 4.78 is 10.4. The monoisotopic (exact) mass is 426 g/mol. The third kappa shape index (κ3) is 5.71. The minimum Gasteiger partial charge on any atom is -0.497 e. The van der Waals surface area contributed by atoms with Crippen LogP contribution in [0.4, 0.5) is 11.4 Å². The quantitative estimate of drug-likeness (QED) is 0.410. The van der Waals surface area contributed by atoms with Crippen molar-refractivity contribution < 1.29 is 19.2 Å². The first-order chi connectivity index (χ1) is 15.0. The lowest BCUT2D eigenvalue weighted by Gasteiger charge is -2.24. The van der Waals surface area contributed by atoms with E-state index < -0.39 is 10.8 Å². The predicted molar refractivity (Wildman–Crippen MR) is 118 cm³/mol. The molecule has 0 atom stereocenters. The zero-order valence-electron chi connectivity index (χ0n) is 17.7. The highest BCUT2D eigenvalue weighted by Crippen LogP contribution is 2.27. The molecule has 0 radical (unpaired) electrons. The van der Waals surface area contributed by atoms with Crippen molar-refractivity contribution in [1.29, 1.82) is 0 Å². The molecular weight excluding hydrogens is 400 g/mol. The smallest absolute Gasteiger partial charge is 0.271 e. The van der Waals surface area contributed by atoms with Gasteiger partial charge in [-0.25, -0.2) is 5.43 Å². The molecule has 1 amide bonds. The van der Waals surface area contributed by atoms with Crippen LogP contribution in [0.25, 0.3) is 0 Å². The highest BCUT2D eigenvalue weighted by atomic mass is 16.6. The van der Waals surface area contributed by atoms with Crippen molar-refractivity contribution in [3.05, 3.63) is 57.6 Å². The van der Waals surface area contributed by atoms with Crippen molar-refractivity contribution >= 4 is 23.5 Å². The van der Waals surface area contributed by atoms with Gasteiger partial charge in [0.15, 0.2) is 0 Å². The van der Waals surface area contributed by atoms with Gasteiger partial charge in [-0.05, 0) is 31.0 Å². The fourth-order valence-electron chi connectivity index (χ4n) is 3.52. The molecule has 2 aromatic rings. The van der Waals surface area contributed by atoms with Crippen LogP contribution in [0.15, 0.2) is 41.5 Å². The molecule has 31 heavy (non-hydrogen) atoms. The van der Waals surface area contributed by atoms with Crippen molar-refractivity contribution in [2.45, 2.75) is 25.7 Å². The third-order valence-electron chi connectivity index (χ3n) is 5.15. The Bertz CT molecular complexity index is 946. The molecule has 2 aromatic carbocycles. The number of nitro benzene ring substituents is 1. The van der Waals surface area contributed by atoms with E-state index in [9.17, 15) is 14.9 Å². The molecule has 9 nitrogen and oxygen atoms in total. The summed E-state index contributed by atoms with van der Waals surface area (Å²) in [6, 6.07) is 9.53. The second kappa shape index (κ2) is 10.4. The van der Waals surface area contributed by atoms with Gasteiger partial charge in [0.1, 0.15) is 11.5 Å². The van der Waals surface area contributed by atoms with Gasteiger partial charge in [-0.3, -0.25) is 14.9 Å². The Labute approximate surface area is 180 Å². The van der Waals surface area contributed by atoms with Crippen molar-refractivity contribution in [2.75, 3.05) is 32.2 Å². The standard InChI is InChI=1S/C22H26N4O5/c1-30-19-12-16(13-20(14-19)31-2)22(27)24-23-15-17-11-18(26(28)29)7-8-21(17)25-9-5-3-4-6-10-25/h7-8,11-15H,3-6,9-10H2,1-2H3,(H,24,27). The van der Waals surface area contributed by atoms with Gasteiger partial charge in [0.25, 0.3) is 11.6 Å². The highest BCUT2D eigenvalue weighted by Gasteiger charge is 2.16. The maximum atomic E-state index is 12.5. The number of nitrogens with zero attached hydrogens (tertiary/aromatic N) is 3. The number of carbonyl (C=O) groups is 1. The molecule has 164 valence electrons. The van der Waals surface area contributed by atoms with Crippen LogP contribution in [-0.2, 0) is 0 Å². The van der Waals surface area contributed by atoms with E-state index >= 15 is 0 Å². The molecule has 1 aliphatic heterocycles. The Morgan fingerprint density at radius 3 is 2.29 bits per heavy atom. The van der Waals surface area contributed by atoms with Crippen LogP contribution < -0.4 is 19.8 Å². The van der Waals surface area contributed by atoms with Gasteiger partial charge in [-0.2, -0.15) is 5.10 Å². The van der Waals surface area contributed by atoms with Crippen molar-refractivity contribution in [1.82, 2.24) is 5.43 Å². The van der Waals surface area contributed by atoms with Crippen LogP contribution in [0.2, 0.25) is 0 Å². The molecule has 0 saturated carbocycles. The molecule has 1 aliphatic rings. The van der Waals surface area contributed by atoms with Gasteiger partial charge < -0.3 is 14.4 Å². The Morgan fingerprint density at radius 2 is 1.71 bits per heavy atom. The Kier molecular flexibility index (Phi) is 7.42. The van der Waals surface area contributed by atoms with Gasteiger partial charge in [0.05, 0.1) is 25.4 Å². The van der Waals surface area contributed by atoms with E-state index in [4.69, 9.17) is 9.47 Å². The van der Waals surface area contributed by atoms with E-state index in [2.05, 4.69) is 15.4 Å². The number of methoxy groups -OCH3 is 2. The minimum atomic E-state index is -0.449. The summed E-state index contributed by atoms with van der Waals surface area (Å²) >= 11 is 0. The van der Waals surface area contributed by atoms with Crippen molar-refractivity contribution in [2.24, 2.45) is 5.10 Å². The number of nitro groups is 1. The number of nitrogens with one attached hydrogen (secondary N) is 1. The molecule has 1 N–H and O–H groups in total. The lowest BCUT2D eigenvalue weighted by atomic mass is 10.1. The van der Waals surface area contributed by atoms with Gasteiger partial charge >= 0.3 is 0 Å². The molecule has 0 aliphatic carbocycles. The summed E-state index contributed by atoms with van der Waals surface area (Å²) in [5.41, 5.74) is 4.22. The second-order valence-electron chi connectivity index (χ2n) is 7.20. The zero-order valence-corrected chi connectivity index (χ0v) is 17.7. The largest absolute Gasteiger partial charge is 0.497 e. The number of hydrogen-bond donors (Lipinski definition) is 1. The summed E-state index contributed by atoms with van der Waals surface area (Å²) in [6.45, 7) is 1.77. The van der Waals surface area contributed by atoms with E-state index in [1.165, 1.54) is 45.4 Å². The molecule has 0 unspecified atom stereocenters. The van der Waals surface area contributed by atoms with Gasteiger partial charge in [-0.15, -0.1) is 0 Å². The predicted octanol–water partition coefficient (Wildman–Crippen LogP) is 3.76. The number of carbonyl (C=O) groups excluding carboxylic acids is 1. The normalized spacial score (nSPS) is 14.2. The average Bonchev–Trinajstić information content (AvgIpc) is 3.08. The number of non-ortho nitro benzene ring substituents is 1. The number of rotatable bonds is 7. The molecule has 0 spiro atoms. The summed E-state index contributed by atoms with van der Waals surface area (Å²) in [4.78, 5) is 25.5. The molecule has 3 rings (SSSR count). The Balaban J connectivity index is 1.82. The first kappa shape index (κ1) is 22.1. The number of hydrazone groups is 1. The van der Waals surface area contributed by atoms with Gasteiger partial charge in [0, 0.05) is 48.1 Å². The molecule has 1 saturated heterocycles. The number of benzene rings is 2. The number of amides is 1. The Morgan fingerprint density at radius 1 is 1.06 bits per heavy atom. The maximum absolute atomic E-state index is 12.5. The van der Waals surface area contributed by atoms with E-state index in [0.29, 0.717) is 22.6 Å². The maximum Gasteiger partial charge on any atom is 0.271 e. The number of ether oxygens (including phenoxy) is 2. The van der Waals surface area contributed by atoms with Gasteiger partial charge in [-0.1, -0.05) is 12.8 Å². The summed E-state index contributed by atoms with van der Waals surface area (Å²) in [5, 5.41) is 15.3. The zero-order chi connectivity index (χ0) is 22.2. The van der Waals surface area contributed by atoms with Crippen LogP contribution in [0, 0.1) is 10.1 Å². The average molecular weight is 426 g/mol. The van der Waals surface area contributed by atoms with Crippen LogP contribution in [0.1, 0.15) is 41.6 Å². The molecule has 0 bridgehead atoms. The van der Waals surface area contributed by atoms with Crippen LogP contribution >= 0.6 is 0 Å². The van der Waals surface area contributed by atoms with Crippen LogP contribution in [-0.4, -0.2) is 44.4 Å². The lowest BCUT2D eigenvalue weighted by molar-refractivity contribution is -0.384. The van der Waals surface area contributed by atoms with E-state index in [-0.39, 0.29) is 5.69 Å². The molecule has 0 aromatic heterocycles. The summed E-state index contributed by atoms with van der Waals surface area (Å²) in [5.74, 6) is 0.515. The van der Waals surface area contributed by atoms with E-state index in [1.54, 1.807) is 24.3 Å². The number of anilines is 1. The van der Waals surface area contributed by atoms with E-state index in [1.807, 2.05) is 0 Å². The van der Waals surface area contributed by atoms with Crippen LogP contribution in [0.5, 0.6) is 11.5 Å². The molecule has 1 fully saturated rings. The Hall–Kier alpha value is -3.62. The molecule has 1 heterocycles. The van der Waals surface area contributed by atoms with E-state index in [0.717, 1.165) is 31.6 Å². The molecule has 9 heteroatoms. The minimum absolute atomic E-state index is 0.0242. The number of hydrogen-bond acceptors (Lipinski definition) is 7. The third-order valence-corrected chi connectivity index (χ3v) is 5.15.